The fourth-order valence-electron chi connectivity index (χ4n) is 3.58. The largest absolute Gasteiger partial charge is 0.496 e. The third-order valence-corrected chi connectivity index (χ3v) is 5.22. The number of fused-ring (bicyclic) bond motifs is 1. The minimum Gasteiger partial charge on any atom is -0.496 e. The van der Waals surface area contributed by atoms with Gasteiger partial charge in [-0.25, -0.2) is 0 Å². The van der Waals surface area contributed by atoms with E-state index in [0.717, 1.165) is 28.0 Å². The summed E-state index contributed by atoms with van der Waals surface area (Å²) in [6.07, 6.45) is 4.29. The maximum Gasteiger partial charge on any atom is 0.133 e. The normalized spacial score (nSPS) is 30.9. The van der Waals surface area contributed by atoms with Crippen LogP contribution in [0, 0.1) is 17.8 Å². The summed E-state index contributed by atoms with van der Waals surface area (Å²) in [6, 6.07) is 6.93. The molecule has 0 aliphatic heterocycles. The molecule has 2 aliphatic rings. The molecule has 0 amide bonds. The molecule has 0 bridgehead atoms. The number of nitrogens with one attached hydrogen (secondary N) is 1. The van der Waals surface area contributed by atoms with Crippen molar-refractivity contribution >= 4 is 15.9 Å². The molecular formula is C15H20BrNO. The van der Waals surface area contributed by atoms with Gasteiger partial charge in [-0.1, -0.05) is 6.07 Å². The Labute approximate surface area is 117 Å². The maximum absolute atomic E-state index is 5.30. The van der Waals surface area contributed by atoms with Crippen LogP contribution in [0.2, 0.25) is 0 Å². The molecule has 0 aromatic heterocycles. The third-order valence-electron chi connectivity index (χ3n) is 4.60. The molecule has 0 heterocycles. The Balaban J connectivity index is 1.80. The molecule has 1 aromatic rings. The molecule has 3 atom stereocenters. The zero-order chi connectivity index (χ0) is 12.7. The van der Waals surface area contributed by atoms with Gasteiger partial charge in [-0.05, 0) is 77.7 Å². The smallest absolute Gasteiger partial charge is 0.133 e. The summed E-state index contributed by atoms with van der Waals surface area (Å²) in [4.78, 5) is 0. The van der Waals surface area contributed by atoms with Gasteiger partial charge in [0.25, 0.3) is 0 Å². The molecule has 3 unspecified atom stereocenters. The van der Waals surface area contributed by atoms with Crippen molar-refractivity contribution in [2.45, 2.75) is 25.3 Å². The fourth-order valence-corrected chi connectivity index (χ4v) is 4.14. The first-order valence-electron chi connectivity index (χ1n) is 6.73. The van der Waals surface area contributed by atoms with Gasteiger partial charge in [0, 0.05) is 6.04 Å². The molecule has 0 spiro atoms. The summed E-state index contributed by atoms with van der Waals surface area (Å²) in [5.74, 6) is 3.78. The number of methoxy groups -OCH3 is 1. The van der Waals surface area contributed by atoms with Gasteiger partial charge in [0.15, 0.2) is 0 Å². The Morgan fingerprint density at radius 1 is 1.28 bits per heavy atom. The van der Waals surface area contributed by atoms with Gasteiger partial charge in [-0.2, -0.15) is 0 Å². The summed E-state index contributed by atoms with van der Waals surface area (Å²) in [5.41, 5.74) is 1.37. The van der Waals surface area contributed by atoms with Gasteiger partial charge in [0.2, 0.25) is 0 Å². The zero-order valence-corrected chi connectivity index (χ0v) is 12.5. The molecule has 1 aromatic carbocycles. The van der Waals surface area contributed by atoms with Crippen molar-refractivity contribution in [1.82, 2.24) is 5.32 Å². The first-order chi connectivity index (χ1) is 8.72. The summed E-state index contributed by atoms with van der Waals surface area (Å²) < 4.78 is 6.34. The van der Waals surface area contributed by atoms with Crippen molar-refractivity contribution in [1.29, 1.82) is 0 Å². The summed E-state index contributed by atoms with van der Waals surface area (Å²) >= 11 is 3.58. The molecule has 98 valence electrons. The Morgan fingerprint density at radius 2 is 2.00 bits per heavy atom. The molecular weight excluding hydrogens is 290 g/mol. The molecule has 2 aliphatic carbocycles. The van der Waals surface area contributed by atoms with E-state index in [-0.39, 0.29) is 0 Å². The van der Waals surface area contributed by atoms with E-state index in [1.807, 2.05) is 0 Å². The zero-order valence-electron chi connectivity index (χ0n) is 10.9. The predicted octanol–water partition coefficient (Wildman–Crippen LogP) is 3.76. The van der Waals surface area contributed by atoms with Crippen LogP contribution < -0.4 is 10.1 Å². The molecule has 18 heavy (non-hydrogen) atoms. The first-order valence-corrected chi connectivity index (χ1v) is 7.53. The maximum atomic E-state index is 5.30. The van der Waals surface area contributed by atoms with E-state index in [1.54, 1.807) is 7.11 Å². The highest BCUT2D eigenvalue weighted by Gasteiger charge is 2.47. The van der Waals surface area contributed by atoms with Crippen molar-refractivity contribution in [2.24, 2.45) is 17.8 Å². The standard InChI is InChI=1S/C15H20BrNO/c1-17-15(12-6-10-5-11(10)7-12)9-3-4-14(18-2)13(16)8-9/h3-4,8,10-12,15,17H,5-7H2,1-2H3. The van der Waals surface area contributed by atoms with E-state index in [9.17, 15) is 0 Å². The van der Waals surface area contributed by atoms with Crippen LogP contribution in [0.15, 0.2) is 22.7 Å². The van der Waals surface area contributed by atoms with Gasteiger partial charge < -0.3 is 10.1 Å². The lowest BCUT2D eigenvalue weighted by molar-refractivity contribution is 0.358. The van der Waals surface area contributed by atoms with Crippen molar-refractivity contribution in [3.05, 3.63) is 28.2 Å². The molecule has 3 rings (SSSR count). The second-order valence-electron chi connectivity index (χ2n) is 5.65. The summed E-state index contributed by atoms with van der Waals surface area (Å²) in [5, 5.41) is 3.50. The van der Waals surface area contributed by atoms with Gasteiger partial charge in [-0.15, -0.1) is 0 Å². The second kappa shape index (κ2) is 4.86. The van der Waals surface area contributed by atoms with Crippen LogP contribution >= 0.6 is 15.9 Å². The van der Waals surface area contributed by atoms with E-state index in [2.05, 4.69) is 46.5 Å². The fraction of sp³-hybridized carbons (Fsp3) is 0.600. The van der Waals surface area contributed by atoms with Crippen molar-refractivity contribution < 1.29 is 4.74 Å². The van der Waals surface area contributed by atoms with Crippen LogP contribution in [0.25, 0.3) is 0 Å². The lowest BCUT2D eigenvalue weighted by Crippen LogP contribution is -2.24. The lowest BCUT2D eigenvalue weighted by Gasteiger charge is -2.25. The van der Waals surface area contributed by atoms with Gasteiger partial charge in [0.05, 0.1) is 11.6 Å². The minimum absolute atomic E-state index is 0.486. The summed E-state index contributed by atoms with van der Waals surface area (Å²) in [6.45, 7) is 0. The topological polar surface area (TPSA) is 21.3 Å². The van der Waals surface area contributed by atoms with E-state index in [4.69, 9.17) is 4.74 Å². The predicted molar refractivity (Wildman–Crippen MR) is 76.8 cm³/mol. The first kappa shape index (κ1) is 12.5. The Morgan fingerprint density at radius 3 is 2.56 bits per heavy atom. The monoisotopic (exact) mass is 309 g/mol. The number of benzene rings is 1. The van der Waals surface area contributed by atoms with Crippen LogP contribution in [0.4, 0.5) is 0 Å². The average Bonchev–Trinajstić information content (AvgIpc) is 2.98. The molecule has 0 saturated heterocycles. The van der Waals surface area contributed by atoms with E-state index in [1.165, 1.54) is 24.8 Å². The lowest BCUT2D eigenvalue weighted by atomic mass is 9.89. The van der Waals surface area contributed by atoms with Crippen molar-refractivity contribution in [3.63, 3.8) is 0 Å². The number of halogens is 1. The quantitative estimate of drug-likeness (QED) is 0.914. The molecule has 0 radical (unpaired) electrons. The van der Waals surface area contributed by atoms with E-state index < -0.39 is 0 Å². The van der Waals surface area contributed by atoms with Gasteiger partial charge in [-0.3, -0.25) is 0 Å². The van der Waals surface area contributed by atoms with Crippen LogP contribution in [0.3, 0.4) is 0 Å². The summed E-state index contributed by atoms with van der Waals surface area (Å²) in [7, 11) is 3.78. The second-order valence-corrected chi connectivity index (χ2v) is 6.50. The molecule has 1 N–H and O–H groups in total. The SMILES string of the molecule is CNC(c1ccc(OC)c(Br)c1)C1CC2CC2C1. The highest BCUT2D eigenvalue weighted by Crippen LogP contribution is 2.57. The Kier molecular flexibility index (Phi) is 3.37. The van der Waals surface area contributed by atoms with Crippen LogP contribution in [-0.2, 0) is 0 Å². The highest BCUT2D eigenvalue weighted by molar-refractivity contribution is 9.10. The van der Waals surface area contributed by atoms with E-state index >= 15 is 0 Å². The highest BCUT2D eigenvalue weighted by atomic mass is 79.9. The molecule has 3 heteroatoms. The van der Waals surface area contributed by atoms with E-state index in [0.29, 0.717) is 6.04 Å². The molecule has 2 saturated carbocycles. The number of rotatable bonds is 4. The van der Waals surface area contributed by atoms with Crippen molar-refractivity contribution in [2.75, 3.05) is 14.2 Å². The Hall–Kier alpha value is -0.540. The minimum atomic E-state index is 0.486. The van der Waals surface area contributed by atoms with Crippen molar-refractivity contribution in [3.8, 4) is 5.75 Å². The number of hydrogen-bond acceptors (Lipinski definition) is 2. The molecule has 2 nitrogen and oxygen atoms in total. The molecule has 2 fully saturated rings. The average molecular weight is 310 g/mol. The number of hydrogen-bond donors (Lipinski definition) is 1. The third kappa shape index (κ3) is 2.19. The Bertz CT molecular complexity index is 438. The van der Waals surface area contributed by atoms with Crippen LogP contribution in [0.1, 0.15) is 30.9 Å². The van der Waals surface area contributed by atoms with Gasteiger partial charge >= 0.3 is 0 Å². The van der Waals surface area contributed by atoms with Crippen LogP contribution in [0.5, 0.6) is 5.75 Å². The van der Waals surface area contributed by atoms with Crippen LogP contribution in [-0.4, -0.2) is 14.2 Å². The van der Waals surface area contributed by atoms with Gasteiger partial charge in [0.1, 0.15) is 5.75 Å². The number of ether oxygens (including phenoxy) is 1.